The van der Waals surface area contributed by atoms with Gasteiger partial charge in [-0.3, -0.25) is 14.6 Å². The van der Waals surface area contributed by atoms with Gasteiger partial charge in [0.2, 0.25) is 5.91 Å². The van der Waals surface area contributed by atoms with Crippen LogP contribution >= 0.6 is 21.6 Å². The Morgan fingerprint density at radius 3 is 2.49 bits per heavy atom. The van der Waals surface area contributed by atoms with E-state index in [0.717, 1.165) is 86.7 Å². The summed E-state index contributed by atoms with van der Waals surface area (Å²) >= 11 is 0. The number of phenolic OH excluding ortho intramolecular Hbond substituents is 1. The van der Waals surface area contributed by atoms with Gasteiger partial charge in [-0.15, -0.1) is 0 Å². The second-order valence-electron chi connectivity index (χ2n) is 23.7. The Morgan fingerprint density at radius 1 is 0.913 bits per heavy atom. The number of carbonyl (C=O) groups is 2. The molecule has 3 spiro atoms. The molecule has 5 aliphatic carbocycles. The van der Waals surface area contributed by atoms with Gasteiger partial charge < -0.3 is 46.7 Å². The second-order valence-corrected chi connectivity index (χ2v) is 26.3. The van der Waals surface area contributed by atoms with Crippen LogP contribution in [0, 0.1) is 28.1 Å². The maximum atomic E-state index is 14.5. The Kier molecular flexibility index (Phi) is 14.6. The van der Waals surface area contributed by atoms with Gasteiger partial charge in [0.25, 0.3) is 0 Å². The number of guanidine groups is 1. The number of rotatable bonds is 3. The third-order valence-electron chi connectivity index (χ3n) is 19.2. The van der Waals surface area contributed by atoms with Crippen molar-refractivity contribution >= 4 is 39.4 Å². The van der Waals surface area contributed by atoms with Crippen LogP contribution in [0.1, 0.15) is 184 Å². The highest BCUT2D eigenvalue weighted by atomic mass is 33.1. The molecule has 1 aromatic carbocycles. The third-order valence-corrected chi connectivity index (χ3v) is 22.6. The van der Waals surface area contributed by atoms with E-state index < -0.39 is 17.1 Å². The van der Waals surface area contributed by atoms with Crippen LogP contribution in [0.3, 0.4) is 0 Å². The van der Waals surface area contributed by atoms with Crippen LogP contribution in [0.2, 0.25) is 0 Å². The highest BCUT2D eigenvalue weighted by Gasteiger charge is 2.57. The summed E-state index contributed by atoms with van der Waals surface area (Å²) in [7, 11) is 4.14. The van der Waals surface area contributed by atoms with Crippen molar-refractivity contribution in [1.82, 2.24) is 15.5 Å². The number of dihydropyridines is 1. The summed E-state index contributed by atoms with van der Waals surface area (Å²) in [6.07, 6.45) is 30.5. The fraction of sp³-hybridized carbons (Fsp3) is 0.764. The number of benzene rings is 1. The molecule has 6 fully saturated rings. The van der Waals surface area contributed by atoms with Crippen molar-refractivity contribution in [3.05, 3.63) is 46.3 Å². The zero-order valence-corrected chi connectivity index (χ0v) is 43.2. The van der Waals surface area contributed by atoms with Crippen LogP contribution in [-0.4, -0.2) is 81.0 Å². The predicted octanol–water partition coefficient (Wildman–Crippen LogP) is 9.58. The lowest BCUT2D eigenvalue weighted by molar-refractivity contribution is -0.168. The van der Waals surface area contributed by atoms with Crippen LogP contribution < -0.4 is 26.8 Å². The van der Waals surface area contributed by atoms with Gasteiger partial charge in [-0.25, -0.2) is 0 Å². The molecule has 7 atom stereocenters. The third kappa shape index (κ3) is 10.4. The molecule has 1 saturated heterocycles. The molecule has 14 heteroatoms. The van der Waals surface area contributed by atoms with Gasteiger partial charge in [-0.1, -0.05) is 59.8 Å². The number of esters is 1. The summed E-state index contributed by atoms with van der Waals surface area (Å²) in [6.45, 7) is 3.41. The molecular formula is C55H82N6O6S2. The van der Waals surface area contributed by atoms with E-state index in [0.29, 0.717) is 92.6 Å². The van der Waals surface area contributed by atoms with E-state index in [9.17, 15) is 19.8 Å². The minimum atomic E-state index is -0.779. The first kappa shape index (κ1) is 49.4. The maximum absolute atomic E-state index is 14.5. The Bertz CT molecular complexity index is 2170. The Balaban J connectivity index is 0.992. The number of nitrogens with two attached hydrogens (primary N) is 2. The average Bonchev–Trinajstić information content (AvgIpc) is 4.16. The number of phenols is 1. The molecule has 5 saturated carbocycles. The van der Waals surface area contributed by atoms with E-state index in [1.807, 2.05) is 11.0 Å². The highest BCUT2D eigenvalue weighted by molar-refractivity contribution is 8.77. The number of aliphatic imine (C=N–C) groups is 1. The minimum Gasteiger partial charge on any atom is -0.504 e. The van der Waals surface area contributed by atoms with E-state index in [1.165, 1.54) is 77.6 Å². The van der Waals surface area contributed by atoms with Gasteiger partial charge in [0, 0.05) is 73.7 Å². The Morgan fingerprint density at radius 2 is 1.70 bits per heavy atom. The van der Waals surface area contributed by atoms with Gasteiger partial charge in [0.15, 0.2) is 17.5 Å². The van der Waals surface area contributed by atoms with Crippen molar-refractivity contribution in [2.75, 3.05) is 25.4 Å². The lowest BCUT2D eigenvalue weighted by Crippen LogP contribution is -2.55. The molecule has 69 heavy (non-hydrogen) atoms. The zero-order chi connectivity index (χ0) is 47.9. The number of aliphatic hydroxyl groups is 1. The molecule has 11 rings (SSSR count). The van der Waals surface area contributed by atoms with Crippen LogP contribution in [0.15, 0.2) is 34.6 Å². The van der Waals surface area contributed by atoms with Gasteiger partial charge in [-0.2, -0.15) is 0 Å². The number of nitrogens with one attached hydrogen (secondary N) is 2. The van der Waals surface area contributed by atoms with Gasteiger partial charge >= 0.3 is 5.97 Å². The number of fused-ring (bicyclic) bond motifs is 12. The smallest absolute Gasteiger partial charge is 0.303 e. The summed E-state index contributed by atoms with van der Waals surface area (Å²) in [5.41, 5.74) is 16.6. The number of aromatic hydroxyl groups is 1. The molecular weight excluding hydrogens is 905 g/mol. The number of ether oxygens (including phenoxy) is 2. The normalized spacial score (nSPS) is 35.1. The zero-order valence-electron chi connectivity index (χ0n) is 41.6. The molecule has 5 aliphatic heterocycles. The monoisotopic (exact) mass is 987 g/mol. The second kappa shape index (κ2) is 20.3. The molecule has 8 N–H and O–H groups in total. The summed E-state index contributed by atoms with van der Waals surface area (Å²) in [5, 5.41) is 31.4. The first-order valence-corrected chi connectivity index (χ1v) is 29.6. The highest BCUT2D eigenvalue weighted by Crippen LogP contribution is 2.64. The van der Waals surface area contributed by atoms with Crippen LogP contribution in [0.4, 0.5) is 0 Å². The van der Waals surface area contributed by atoms with E-state index >= 15 is 0 Å². The number of aliphatic hydroxyl groups excluding tert-OH is 1. The first-order valence-electron chi connectivity index (χ1n) is 27.3. The maximum Gasteiger partial charge on any atom is 0.303 e. The number of allylic oxidation sites excluding steroid dienone is 2. The molecule has 12 nitrogen and oxygen atoms in total. The Labute approximate surface area is 419 Å². The van der Waals surface area contributed by atoms with E-state index in [-0.39, 0.29) is 46.5 Å². The van der Waals surface area contributed by atoms with E-state index in [4.69, 9.17) is 25.9 Å². The fourth-order valence-electron chi connectivity index (χ4n) is 15.5. The lowest BCUT2D eigenvalue weighted by atomic mass is 9.71. The molecule has 0 aromatic heterocycles. The molecule has 5 heterocycles. The van der Waals surface area contributed by atoms with Crippen LogP contribution in [0.5, 0.6) is 11.5 Å². The largest absolute Gasteiger partial charge is 0.504 e. The van der Waals surface area contributed by atoms with Crippen molar-refractivity contribution in [2.45, 2.75) is 210 Å². The number of hydrogen-bond donors (Lipinski definition) is 6. The molecule has 1 amide bonds. The fourth-order valence-corrected chi connectivity index (χ4v) is 19.7. The van der Waals surface area contributed by atoms with Gasteiger partial charge in [0.05, 0.1) is 11.9 Å². The molecule has 0 radical (unpaired) electrons. The Hall–Kier alpha value is -3.23. The van der Waals surface area contributed by atoms with Gasteiger partial charge in [0.1, 0.15) is 16.6 Å². The molecule has 1 aromatic rings. The molecule has 7 unspecified atom stereocenters. The van der Waals surface area contributed by atoms with Crippen molar-refractivity contribution in [3.8, 4) is 11.5 Å². The molecule has 380 valence electrons. The quantitative estimate of drug-likeness (QED) is 0.125. The van der Waals surface area contributed by atoms with E-state index in [1.54, 1.807) is 0 Å². The molecule has 10 aliphatic rings. The first-order chi connectivity index (χ1) is 33.3. The van der Waals surface area contributed by atoms with Crippen molar-refractivity contribution in [2.24, 2.45) is 44.5 Å². The number of nitrogens with zero attached hydrogens (tertiary/aromatic N) is 2. The number of amides is 1. The summed E-state index contributed by atoms with van der Waals surface area (Å²) in [6, 6.07) is 2.11. The number of carbonyl (C=O) groups excluding carboxylic acids is 2. The number of aryl methyl sites for hydroxylation is 1. The molecule has 6 bridgehead atoms. The van der Waals surface area contributed by atoms with Crippen molar-refractivity contribution in [1.29, 1.82) is 0 Å². The summed E-state index contributed by atoms with van der Waals surface area (Å²) < 4.78 is 13.2. The number of hydrogen-bond acceptors (Lipinski definition) is 13. The summed E-state index contributed by atoms with van der Waals surface area (Å²) in [4.78, 5) is 34.3. The minimum absolute atomic E-state index is 0.0579. The standard InChI is InChI=1S/C55H82N6O6S2/c1-37(62)67-54-24-14-39(44(63)32-54)10-7-19-51(17-2-3-18-51)36-68-69-55(23-8-22-53(55)20-4-5-21-53)60-50(57)59-28-26-52(31-38-16-27-58-46(56)29-38)33-47(64)61(35-52)34-42-30-41(15-25-54)43-13-12-40-9-6-11-45(40)66-49(43)48(42)65/h16,29-30,39-40,44-45,58,63,65H,2-15,17-28,31-36,56H2,1H3,(H3,57,59,60). The van der Waals surface area contributed by atoms with Crippen LogP contribution in [-0.2, 0) is 33.7 Å². The van der Waals surface area contributed by atoms with E-state index in [2.05, 4.69) is 44.4 Å². The lowest BCUT2D eigenvalue weighted by Gasteiger charge is -2.44. The summed E-state index contributed by atoms with van der Waals surface area (Å²) in [5.74, 6) is 3.36. The van der Waals surface area contributed by atoms with Crippen LogP contribution in [0.25, 0.3) is 0 Å². The predicted molar refractivity (Wildman–Crippen MR) is 276 cm³/mol. The topological polar surface area (TPSA) is 185 Å². The van der Waals surface area contributed by atoms with Crippen molar-refractivity contribution in [3.63, 3.8) is 0 Å². The SMILES string of the molecule is CC(=O)OC12CCc3cc(c(O)c4c3CCC3CCCC3O4)CN3CC(CC4=CCNC(N)=C4)(CCN=C(N)NC4(CCCC45CCCC5)SSCC4(CCCC4)CCCC(CC1)C(O)C2)CC3=O. The van der Waals surface area contributed by atoms with Crippen molar-refractivity contribution < 1.29 is 29.3 Å². The average molecular weight is 987 g/mol. The van der Waals surface area contributed by atoms with Gasteiger partial charge in [-0.05, 0) is 169 Å².